The van der Waals surface area contributed by atoms with E-state index in [1.807, 2.05) is 30.6 Å². The molecule has 0 amide bonds. The van der Waals surface area contributed by atoms with Crippen LogP contribution in [-0.4, -0.2) is 65.3 Å². The zero-order chi connectivity index (χ0) is 23.5. The monoisotopic (exact) mass is 457 g/mol. The summed E-state index contributed by atoms with van der Waals surface area (Å²) in [6.45, 7) is 3.82. The Morgan fingerprint density at radius 1 is 0.912 bits per heavy atom. The Morgan fingerprint density at radius 2 is 1.65 bits per heavy atom. The lowest BCUT2D eigenvalue weighted by atomic mass is 9.93. The minimum atomic E-state index is -0.257. The van der Waals surface area contributed by atoms with Gasteiger partial charge in [0.15, 0.2) is 0 Å². The molecule has 1 N–H and O–H groups in total. The molecule has 2 aromatic carbocycles. The number of aromatic amines is 1. The zero-order valence-corrected chi connectivity index (χ0v) is 19.4. The van der Waals surface area contributed by atoms with Crippen LogP contribution in [0.2, 0.25) is 0 Å². The van der Waals surface area contributed by atoms with Crippen LogP contribution in [0.3, 0.4) is 0 Å². The Morgan fingerprint density at radius 3 is 2.32 bits per heavy atom. The van der Waals surface area contributed by atoms with Crippen molar-refractivity contribution in [2.24, 2.45) is 0 Å². The van der Waals surface area contributed by atoms with Gasteiger partial charge in [-0.2, -0.15) is 5.10 Å². The molecule has 0 spiro atoms. The normalized spacial score (nSPS) is 15.9. The highest BCUT2D eigenvalue weighted by Gasteiger charge is 2.29. The number of methoxy groups -OCH3 is 1. The van der Waals surface area contributed by atoms with E-state index in [1.165, 1.54) is 6.07 Å². The summed E-state index contributed by atoms with van der Waals surface area (Å²) in [7, 11) is 3.76. The number of nitrogens with one attached hydrogen (secondary N) is 1. The molecule has 174 valence electrons. The fourth-order valence-electron chi connectivity index (χ4n) is 4.58. The molecule has 34 heavy (non-hydrogen) atoms. The molecule has 4 aromatic rings. The standard InChI is InChI=1S/C27H28FN5O/c1-32-13-15-33(16-14-32)27(23-18-30-31-26(23)22-5-3-4-6-24(22)28)20-9-7-19(8-10-20)21-11-12-25(34-2)29-17-21/h3-12,17-18,27H,13-16H2,1-2H3,(H,30,31). The quantitative estimate of drug-likeness (QED) is 0.458. The molecule has 5 rings (SSSR count). The molecule has 1 aliphatic heterocycles. The number of benzene rings is 2. The Hall–Kier alpha value is -3.55. The van der Waals surface area contributed by atoms with Gasteiger partial charge in [-0.3, -0.25) is 10.00 Å². The van der Waals surface area contributed by atoms with Gasteiger partial charge in [-0.1, -0.05) is 36.4 Å². The molecular weight excluding hydrogens is 429 g/mol. The third-order valence-electron chi connectivity index (χ3n) is 6.51. The van der Waals surface area contributed by atoms with E-state index >= 15 is 0 Å². The van der Waals surface area contributed by atoms with E-state index in [1.54, 1.807) is 19.2 Å². The number of H-pyrrole nitrogens is 1. The first-order chi connectivity index (χ1) is 16.6. The molecule has 3 heterocycles. The summed E-state index contributed by atoms with van der Waals surface area (Å²) >= 11 is 0. The number of pyridine rings is 1. The summed E-state index contributed by atoms with van der Waals surface area (Å²) in [5.74, 6) is 0.337. The maximum atomic E-state index is 14.7. The van der Waals surface area contributed by atoms with Crippen LogP contribution in [0, 0.1) is 5.82 Å². The van der Waals surface area contributed by atoms with Crippen LogP contribution < -0.4 is 4.74 Å². The van der Waals surface area contributed by atoms with Crippen LogP contribution in [-0.2, 0) is 0 Å². The number of hydrogen-bond donors (Lipinski definition) is 1. The van der Waals surface area contributed by atoms with Crippen molar-refractivity contribution in [1.29, 1.82) is 0 Å². The van der Waals surface area contributed by atoms with E-state index in [2.05, 4.69) is 56.3 Å². The fraction of sp³-hybridized carbons (Fsp3) is 0.259. The van der Waals surface area contributed by atoms with Gasteiger partial charge in [0.2, 0.25) is 5.88 Å². The number of halogens is 1. The molecule has 1 fully saturated rings. The molecule has 1 unspecified atom stereocenters. The molecule has 0 radical (unpaired) electrons. The first-order valence-electron chi connectivity index (χ1n) is 11.4. The molecule has 0 bridgehead atoms. The van der Waals surface area contributed by atoms with Crippen molar-refractivity contribution in [2.45, 2.75) is 6.04 Å². The van der Waals surface area contributed by atoms with Gasteiger partial charge in [-0.25, -0.2) is 9.37 Å². The van der Waals surface area contributed by atoms with Crippen molar-refractivity contribution < 1.29 is 9.13 Å². The zero-order valence-electron chi connectivity index (χ0n) is 19.4. The van der Waals surface area contributed by atoms with E-state index in [0.29, 0.717) is 11.4 Å². The van der Waals surface area contributed by atoms with Gasteiger partial charge in [0.25, 0.3) is 0 Å². The first-order valence-corrected chi connectivity index (χ1v) is 11.4. The third kappa shape index (κ3) is 4.44. The fourth-order valence-corrected chi connectivity index (χ4v) is 4.58. The molecule has 0 saturated carbocycles. The molecule has 1 atom stereocenters. The van der Waals surface area contributed by atoms with Crippen LogP contribution in [0.1, 0.15) is 17.2 Å². The summed E-state index contributed by atoms with van der Waals surface area (Å²) < 4.78 is 19.9. The predicted molar refractivity (Wildman–Crippen MR) is 131 cm³/mol. The maximum Gasteiger partial charge on any atom is 0.212 e. The summed E-state index contributed by atoms with van der Waals surface area (Å²) in [6, 6.07) is 19.2. The second-order valence-corrected chi connectivity index (χ2v) is 8.63. The second-order valence-electron chi connectivity index (χ2n) is 8.63. The van der Waals surface area contributed by atoms with Gasteiger partial charge < -0.3 is 9.64 Å². The average Bonchev–Trinajstić information content (AvgIpc) is 3.35. The molecular formula is C27H28FN5O. The molecule has 1 aliphatic rings. The molecule has 2 aromatic heterocycles. The number of nitrogens with zero attached hydrogens (tertiary/aromatic N) is 4. The van der Waals surface area contributed by atoms with Crippen LogP contribution in [0.4, 0.5) is 4.39 Å². The third-order valence-corrected chi connectivity index (χ3v) is 6.51. The summed E-state index contributed by atoms with van der Waals surface area (Å²) in [4.78, 5) is 9.11. The Balaban J connectivity index is 1.53. The number of ether oxygens (including phenoxy) is 1. The minimum Gasteiger partial charge on any atom is -0.481 e. The molecule has 0 aliphatic carbocycles. The van der Waals surface area contributed by atoms with Gasteiger partial charge in [0.1, 0.15) is 5.82 Å². The summed E-state index contributed by atoms with van der Waals surface area (Å²) in [5, 5.41) is 7.39. The molecule has 6 nitrogen and oxygen atoms in total. The smallest absolute Gasteiger partial charge is 0.212 e. The highest BCUT2D eigenvalue weighted by molar-refractivity contribution is 5.66. The summed E-state index contributed by atoms with van der Waals surface area (Å²) in [6.07, 6.45) is 3.66. The van der Waals surface area contributed by atoms with Crippen LogP contribution in [0.25, 0.3) is 22.4 Å². The van der Waals surface area contributed by atoms with E-state index in [4.69, 9.17) is 4.74 Å². The van der Waals surface area contributed by atoms with Crippen molar-refractivity contribution in [2.75, 3.05) is 40.3 Å². The molecule has 7 heteroatoms. The molecule has 1 saturated heterocycles. The average molecular weight is 458 g/mol. The van der Waals surface area contributed by atoms with Crippen molar-refractivity contribution in [3.8, 4) is 28.3 Å². The van der Waals surface area contributed by atoms with E-state index in [9.17, 15) is 4.39 Å². The number of aromatic nitrogens is 3. The largest absolute Gasteiger partial charge is 0.481 e. The number of hydrogen-bond acceptors (Lipinski definition) is 5. The minimum absolute atomic E-state index is 0.0369. The van der Waals surface area contributed by atoms with E-state index < -0.39 is 0 Å². The van der Waals surface area contributed by atoms with E-state index in [-0.39, 0.29) is 11.9 Å². The highest BCUT2D eigenvalue weighted by atomic mass is 19.1. The van der Waals surface area contributed by atoms with Gasteiger partial charge in [0, 0.05) is 55.1 Å². The second kappa shape index (κ2) is 9.75. The van der Waals surface area contributed by atoms with Crippen molar-refractivity contribution in [3.63, 3.8) is 0 Å². The van der Waals surface area contributed by atoms with Crippen molar-refractivity contribution in [3.05, 3.63) is 90.0 Å². The number of rotatable bonds is 6. The number of piperazine rings is 1. The highest BCUT2D eigenvalue weighted by Crippen LogP contribution is 2.36. The lowest BCUT2D eigenvalue weighted by molar-refractivity contribution is 0.127. The Labute approximate surface area is 199 Å². The van der Waals surface area contributed by atoms with Gasteiger partial charge in [0.05, 0.1) is 25.0 Å². The van der Waals surface area contributed by atoms with Crippen LogP contribution in [0.15, 0.2) is 73.1 Å². The van der Waals surface area contributed by atoms with Crippen LogP contribution in [0.5, 0.6) is 5.88 Å². The first kappa shape index (κ1) is 22.3. The van der Waals surface area contributed by atoms with Gasteiger partial charge >= 0.3 is 0 Å². The van der Waals surface area contributed by atoms with E-state index in [0.717, 1.165) is 54.1 Å². The van der Waals surface area contributed by atoms with Crippen LogP contribution >= 0.6 is 0 Å². The lowest BCUT2D eigenvalue weighted by Gasteiger charge is -2.38. The van der Waals surface area contributed by atoms with Gasteiger partial charge in [-0.15, -0.1) is 0 Å². The Bertz CT molecular complexity index is 1230. The predicted octanol–water partition coefficient (Wildman–Crippen LogP) is 4.62. The maximum absolute atomic E-state index is 14.7. The van der Waals surface area contributed by atoms with Gasteiger partial charge in [-0.05, 0) is 36.4 Å². The van der Waals surface area contributed by atoms with Crippen molar-refractivity contribution in [1.82, 2.24) is 25.0 Å². The Kier molecular flexibility index (Phi) is 6.38. The number of likely N-dealkylation sites (N-methyl/N-ethyl adjacent to an activating group) is 1. The van der Waals surface area contributed by atoms with Crippen molar-refractivity contribution >= 4 is 0 Å². The summed E-state index contributed by atoms with van der Waals surface area (Å²) in [5.41, 5.74) is 5.50. The SMILES string of the molecule is COc1ccc(-c2ccc(C(c3cn[nH]c3-c3ccccc3F)N3CCN(C)CC3)cc2)cn1. The topological polar surface area (TPSA) is 57.3 Å². The lowest BCUT2D eigenvalue weighted by Crippen LogP contribution is -2.46.